The monoisotopic (exact) mass is 348 g/mol. The van der Waals surface area contributed by atoms with E-state index in [9.17, 15) is 14.7 Å². The van der Waals surface area contributed by atoms with Crippen LogP contribution in [0.5, 0.6) is 0 Å². The summed E-state index contributed by atoms with van der Waals surface area (Å²) < 4.78 is 0. The van der Waals surface area contributed by atoms with Gasteiger partial charge in [0.1, 0.15) is 5.78 Å². The molecule has 0 aromatic heterocycles. The molecule has 0 spiro atoms. The predicted molar refractivity (Wildman–Crippen MR) is 99.0 cm³/mol. The van der Waals surface area contributed by atoms with Crippen molar-refractivity contribution in [3.05, 3.63) is 11.6 Å². The van der Waals surface area contributed by atoms with Gasteiger partial charge in [0.05, 0.1) is 6.10 Å². The molecular formula is C21H32O4. The highest BCUT2D eigenvalue weighted by Gasteiger charge is 2.32. The number of rotatable bonds is 10. The number of allylic oxidation sites excluding steroid dienone is 2. The van der Waals surface area contributed by atoms with Crippen molar-refractivity contribution in [2.45, 2.75) is 84.2 Å². The second-order valence-electron chi connectivity index (χ2n) is 7.07. The van der Waals surface area contributed by atoms with Crippen molar-refractivity contribution in [2.75, 3.05) is 0 Å². The lowest BCUT2D eigenvalue weighted by molar-refractivity contribution is -0.137. The van der Waals surface area contributed by atoms with Crippen LogP contribution in [0.3, 0.4) is 0 Å². The molecular weight excluding hydrogens is 316 g/mol. The smallest absolute Gasteiger partial charge is 0.303 e. The lowest BCUT2D eigenvalue weighted by Gasteiger charge is -2.12. The molecule has 2 N–H and O–H groups in total. The molecule has 1 rings (SSSR count). The molecule has 1 saturated carbocycles. The van der Waals surface area contributed by atoms with Gasteiger partial charge >= 0.3 is 5.97 Å². The summed E-state index contributed by atoms with van der Waals surface area (Å²) in [6.45, 7) is 4.09. The fourth-order valence-electron chi connectivity index (χ4n) is 3.18. The van der Waals surface area contributed by atoms with Gasteiger partial charge in [-0.1, -0.05) is 37.3 Å². The average Bonchev–Trinajstić information content (AvgIpc) is 2.90. The fraction of sp³-hybridized carbons (Fsp3) is 0.714. The van der Waals surface area contributed by atoms with Crippen molar-refractivity contribution >= 4 is 11.8 Å². The number of carbonyl (C=O) groups is 2. The second-order valence-corrected chi connectivity index (χ2v) is 7.07. The Balaban J connectivity index is 2.48. The number of ketones is 1. The van der Waals surface area contributed by atoms with Gasteiger partial charge in [0.25, 0.3) is 0 Å². The highest BCUT2D eigenvalue weighted by Crippen LogP contribution is 2.31. The second kappa shape index (κ2) is 11.9. The first kappa shape index (κ1) is 21.4. The number of carbonyl (C=O) groups excluding carboxylic acids is 1. The van der Waals surface area contributed by atoms with Gasteiger partial charge in [0, 0.05) is 31.1 Å². The number of hydrogen-bond donors (Lipinski definition) is 2. The quantitative estimate of drug-likeness (QED) is 0.460. The van der Waals surface area contributed by atoms with Gasteiger partial charge in [-0.3, -0.25) is 9.59 Å². The Morgan fingerprint density at radius 3 is 2.80 bits per heavy atom. The maximum atomic E-state index is 12.1. The summed E-state index contributed by atoms with van der Waals surface area (Å²) in [7, 11) is 0. The minimum absolute atomic E-state index is 0.0466. The number of hydrogen-bond acceptors (Lipinski definition) is 3. The van der Waals surface area contributed by atoms with E-state index in [1.807, 2.05) is 6.92 Å². The number of aliphatic carboxylic acids is 1. The van der Waals surface area contributed by atoms with E-state index in [2.05, 4.69) is 24.8 Å². The van der Waals surface area contributed by atoms with Crippen molar-refractivity contribution in [1.29, 1.82) is 0 Å². The molecule has 0 amide bonds. The molecule has 1 fully saturated rings. The minimum atomic E-state index is -0.768. The molecule has 0 aromatic rings. The molecule has 0 aromatic carbocycles. The molecule has 3 atom stereocenters. The molecule has 0 saturated heterocycles. The lowest BCUT2D eigenvalue weighted by atomic mass is 9.91. The maximum Gasteiger partial charge on any atom is 0.303 e. The summed E-state index contributed by atoms with van der Waals surface area (Å²) in [5.41, 5.74) is 1.14. The Kier molecular flexibility index (Phi) is 10.2. The summed E-state index contributed by atoms with van der Waals surface area (Å²) >= 11 is 0. The van der Waals surface area contributed by atoms with Crippen molar-refractivity contribution in [3.63, 3.8) is 0 Å². The number of aliphatic hydroxyl groups is 1. The summed E-state index contributed by atoms with van der Waals surface area (Å²) in [5, 5.41) is 18.5. The fourth-order valence-corrected chi connectivity index (χ4v) is 3.18. The molecule has 1 aliphatic rings. The van der Waals surface area contributed by atoms with Crippen LogP contribution in [0.15, 0.2) is 11.6 Å². The molecule has 0 unspecified atom stereocenters. The molecule has 0 heterocycles. The molecule has 4 nitrogen and oxygen atoms in total. The Hall–Kier alpha value is -1.60. The zero-order valence-electron chi connectivity index (χ0n) is 15.6. The minimum Gasteiger partial charge on any atom is -0.481 e. The van der Waals surface area contributed by atoms with E-state index in [4.69, 9.17) is 5.11 Å². The third-order valence-electron chi connectivity index (χ3n) is 4.80. The topological polar surface area (TPSA) is 74.6 Å². The van der Waals surface area contributed by atoms with Gasteiger partial charge < -0.3 is 10.2 Å². The maximum absolute atomic E-state index is 12.1. The van der Waals surface area contributed by atoms with Crippen LogP contribution in [-0.4, -0.2) is 28.1 Å². The van der Waals surface area contributed by atoms with E-state index in [-0.39, 0.29) is 30.1 Å². The predicted octanol–water partition coefficient (Wildman–Crippen LogP) is 4.12. The molecule has 25 heavy (non-hydrogen) atoms. The largest absolute Gasteiger partial charge is 0.481 e. The first-order valence-corrected chi connectivity index (χ1v) is 9.50. The summed E-state index contributed by atoms with van der Waals surface area (Å²) in [6.07, 6.45) is 8.74. The van der Waals surface area contributed by atoms with Gasteiger partial charge in [0.2, 0.25) is 0 Å². The zero-order chi connectivity index (χ0) is 18.7. The molecule has 0 bridgehead atoms. The number of carboxylic acids is 1. The summed E-state index contributed by atoms with van der Waals surface area (Å²) in [4.78, 5) is 22.7. The van der Waals surface area contributed by atoms with E-state index in [0.29, 0.717) is 25.7 Å². The Bertz CT molecular complexity index is 524. The highest BCUT2D eigenvalue weighted by molar-refractivity contribution is 5.84. The molecule has 0 radical (unpaired) electrons. The van der Waals surface area contributed by atoms with Crippen molar-refractivity contribution < 1.29 is 19.8 Å². The van der Waals surface area contributed by atoms with Gasteiger partial charge in [-0.25, -0.2) is 0 Å². The van der Waals surface area contributed by atoms with Crippen LogP contribution in [0.4, 0.5) is 0 Å². The third-order valence-corrected chi connectivity index (χ3v) is 4.80. The van der Waals surface area contributed by atoms with E-state index >= 15 is 0 Å². The first-order chi connectivity index (χ1) is 11.9. The van der Waals surface area contributed by atoms with Crippen LogP contribution < -0.4 is 0 Å². The third kappa shape index (κ3) is 8.88. The number of unbranched alkanes of at least 4 members (excludes halogenated alkanes) is 1. The van der Waals surface area contributed by atoms with Crippen molar-refractivity contribution in [1.82, 2.24) is 0 Å². The summed E-state index contributed by atoms with van der Waals surface area (Å²) in [5.74, 6) is 5.85. The molecule has 0 aliphatic heterocycles. The van der Waals surface area contributed by atoms with Gasteiger partial charge in [-0.05, 0) is 39.0 Å². The number of carboxylic acid groups (broad SMARTS) is 1. The van der Waals surface area contributed by atoms with Crippen molar-refractivity contribution in [3.8, 4) is 11.8 Å². The van der Waals surface area contributed by atoms with Gasteiger partial charge in [-0.2, -0.15) is 0 Å². The normalized spacial score (nSPS) is 21.7. The highest BCUT2D eigenvalue weighted by atomic mass is 16.4. The SMILES string of the molecule is CCCC[C@H](O)CC#C[C@H]1CCC(=O)[C@@H]1CC=C(C)CCCC(=O)O. The number of aliphatic hydroxyl groups excluding tert-OH is 1. The average molecular weight is 348 g/mol. The van der Waals surface area contributed by atoms with Crippen LogP contribution in [0.25, 0.3) is 0 Å². The number of Topliss-reactive ketones (excluding diaryl/α,β-unsaturated/α-hetero) is 1. The van der Waals surface area contributed by atoms with E-state index in [1.165, 1.54) is 0 Å². The molecule has 4 heteroatoms. The Morgan fingerprint density at radius 2 is 2.12 bits per heavy atom. The van der Waals surface area contributed by atoms with Crippen LogP contribution in [-0.2, 0) is 9.59 Å². The molecule has 1 aliphatic carbocycles. The van der Waals surface area contributed by atoms with Gasteiger partial charge in [-0.15, -0.1) is 5.92 Å². The lowest BCUT2D eigenvalue weighted by Crippen LogP contribution is -2.13. The van der Waals surface area contributed by atoms with Crippen LogP contribution in [0.1, 0.15) is 78.1 Å². The van der Waals surface area contributed by atoms with Gasteiger partial charge in [0.15, 0.2) is 0 Å². The van der Waals surface area contributed by atoms with E-state index in [0.717, 1.165) is 37.7 Å². The van der Waals surface area contributed by atoms with Crippen LogP contribution in [0, 0.1) is 23.7 Å². The Morgan fingerprint density at radius 1 is 1.36 bits per heavy atom. The van der Waals surface area contributed by atoms with E-state index < -0.39 is 5.97 Å². The van der Waals surface area contributed by atoms with Crippen LogP contribution in [0.2, 0.25) is 0 Å². The first-order valence-electron chi connectivity index (χ1n) is 9.50. The Labute approximate surface area is 151 Å². The van der Waals surface area contributed by atoms with E-state index in [1.54, 1.807) is 0 Å². The van der Waals surface area contributed by atoms with Crippen LogP contribution >= 0.6 is 0 Å². The standard InChI is InChI=1S/C21H32O4/c1-3-4-9-18(22)10-6-8-17-13-15-20(23)19(17)14-12-16(2)7-5-11-21(24)25/h12,17-19,22H,3-5,7,9-11,13-15H2,1-2H3,(H,24,25)/t17-,18-,19+/m0/s1. The molecule has 140 valence electrons. The zero-order valence-corrected chi connectivity index (χ0v) is 15.6. The summed E-state index contributed by atoms with van der Waals surface area (Å²) in [6, 6.07) is 0. The van der Waals surface area contributed by atoms with Crippen molar-refractivity contribution in [2.24, 2.45) is 11.8 Å².